The maximum absolute atomic E-state index is 14.6. The lowest BCUT2D eigenvalue weighted by Gasteiger charge is -2.22. The predicted octanol–water partition coefficient (Wildman–Crippen LogP) is 29.5. The molecule has 0 saturated carbocycles. The molecule has 0 aliphatic heterocycles. The zero-order chi connectivity index (χ0) is 91.5. The summed E-state index contributed by atoms with van der Waals surface area (Å²) >= 11 is 0. The molecule has 0 N–H and O–H groups in total. The van der Waals surface area contributed by atoms with Gasteiger partial charge in [0.2, 0.25) is 11.9 Å². The minimum absolute atomic E-state index is 0.285. The number of fused-ring (bicyclic) bond motifs is 27. The predicted molar refractivity (Wildman–Crippen MR) is 541 cm³/mol. The maximum Gasteiger partial charge on any atom is 0.307 e. The Morgan fingerprint density at radius 1 is 0.254 bits per heavy atom. The van der Waals surface area contributed by atoms with Gasteiger partial charge in [-0.2, -0.15) is 28.7 Å². The third kappa shape index (κ3) is 12.8. The van der Waals surface area contributed by atoms with Gasteiger partial charge in [-0.15, -0.1) is 0 Å². The van der Waals surface area contributed by atoms with Crippen molar-refractivity contribution in [2.24, 2.45) is 0 Å². The molecule has 138 heavy (non-hydrogen) atoms. The molecule has 1 aliphatic rings. The number of hydrogen-bond donors (Lipinski definition) is 0. The molecular weight excluding hydrogens is 1720 g/mol. The number of nitrogens with zero attached hydrogens (tertiary/aromatic N) is 14. The van der Waals surface area contributed by atoms with Gasteiger partial charge >= 0.3 is 17.5 Å². The van der Waals surface area contributed by atoms with Gasteiger partial charge in [0.25, 0.3) is 0 Å². The van der Waals surface area contributed by atoms with Crippen molar-refractivity contribution in [3.8, 4) is 124 Å². The van der Waals surface area contributed by atoms with Gasteiger partial charge in [-0.1, -0.05) is 305 Å². The molecule has 0 atom stereocenters. The Morgan fingerprint density at radius 3 is 1.05 bits per heavy atom. The van der Waals surface area contributed by atoms with Crippen molar-refractivity contribution in [2.45, 2.75) is 19.3 Å². The molecule has 0 amide bonds. The minimum Gasteiger partial charge on any atom is -0.455 e. The van der Waals surface area contributed by atoms with E-state index >= 15 is 0 Å². The standard InChI is InChI=1S/C42H26F2N4O.C39H22N4O2.C37H22N6O/c1-42(2)31-21-25(15-17-28(31)29-18-16-26(22-32(29)42)27-19-20-36(43)46-40(27)44)23-11-13-24(14-12-23)37-39-38(30-7-3-4-8-33(30)45-37)47-41-48(39)34-9-5-6-10-35(34)49-41;1-2-14-31-30(9-1)35-36(43-32-15-3-4-16-33(32)44-39(43)42-35)34(41-31)24-19-17-23(18-20-24)26-10-5-12-28-29-13-6-11-27(38(29)45-37(26)28)25-8-7-21-40-22-25;1-3-11-24(12-4-1)34-40-35(25-13-5-2-6-14-25)42-36(41-34)26-21-19-23(20-22-26)31-33-32(27-15-7-8-16-28(27)38-31)39-37-43(33)29-17-9-10-18-30(29)44-37/h3-22H,1-2H3;1-22H;1-22H. The van der Waals surface area contributed by atoms with E-state index in [0.29, 0.717) is 40.6 Å². The first-order valence-electron chi connectivity index (χ1n) is 45.4. The molecule has 20 heteroatoms. The molecule has 650 valence electrons. The highest BCUT2D eigenvalue weighted by molar-refractivity contribution is 6.16. The van der Waals surface area contributed by atoms with Crippen LogP contribution in [0.4, 0.5) is 8.78 Å². The molecule has 0 fully saturated rings. The minimum atomic E-state index is -0.830. The summed E-state index contributed by atoms with van der Waals surface area (Å²) in [6.45, 7) is 4.38. The second-order valence-electron chi connectivity index (χ2n) is 35.0. The average molecular weight is 1790 g/mol. The molecule has 0 radical (unpaired) electrons. The second kappa shape index (κ2) is 31.2. The summed E-state index contributed by atoms with van der Waals surface area (Å²) in [4.78, 5) is 52.6. The van der Waals surface area contributed by atoms with Crippen molar-refractivity contribution in [3.05, 3.63) is 412 Å². The number of rotatable bonds is 10. The molecule has 13 aromatic heterocycles. The molecule has 15 aromatic carbocycles. The number of para-hydroxylation sites is 11. The zero-order valence-electron chi connectivity index (χ0n) is 73.6. The van der Waals surface area contributed by atoms with Crippen molar-refractivity contribution in [1.29, 1.82) is 0 Å². The highest BCUT2D eigenvalue weighted by Gasteiger charge is 2.37. The molecule has 0 unspecified atom stereocenters. The number of imidazole rings is 3. The van der Waals surface area contributed by atoms with Crippen LogP contribution in [0.5, 0.6) is 0 Å². The highest BCUT2D eigenvalue weighted by atomic mass is 19.1. The van der Waals surface area contributed by atoms with Crippen molar-refractivity contribution in [3.63, 3.8) is 0 Å². The van der Waals surface area contributed by atoms with Crippen LogP contribution in [0.15, 0.2) is 406 Å². The Morgan fingerprint density at radius 2 is 0.609 bits per heavy atom. The third-order valence-electron chi connectivity index (χ3n) is 26.7. The highest BCUT2D eigenvalue weighted by Crippen LogP contribution is 2.52. The van der Waals surface area contributed by atoms with Crippen LogP contribution in [0.25, 0.3) is 262 Å². The average Bonchev–Trinajstić information content (AvgIpc) is 1.55. The van der Waals surface area contributed by atoms with Crippen LogP contribution in [0.1, 0.15) is 25.0 Å². The Kier molecular flexibility index (Phi) is 17.9. The number of pyridine rings is 5. The van der Waals surface area contributed by atoms with Crippen LogP contribution in [0, 0.1) is 11.9 Å². The van der Waals surface area contributed by atoms with Crippen LogP contribution < -0.4 is 0 Å². The first kappa shape index (κ1) is 79.1. The van der Waals surface area contributed by atoms with Crippen LogP contribution in [-0.4, -0.2) is 68.0 Å². The monoisotopic (exact) mass is 1780 g/mol. The van der Waals surface area contributed by atoms with Crippen LogP contribution in [0.3, 0.4) is 0 Å². The summed E-state index contributed by atoms with van der Waals surface area (Å²) in [6.07, 6.45) is 3.66. The van der Waals surface area contributed by atoms with Crippen molar-refractivity contribution < 1.29 is 26.4 Å². The van der Waals surface area contributed by atoms with Crippen molar-refractivity contribution >= 4 is 139 Å². The van der Waals surface area contributed by atoms with E-state index in [4.69, 9.17) is 62.5 Å². The summed E-state index contributed by atoms with van der Waals surface area (Å²) in [6, 6.07) is 125. The largest absolute Gasteiger partial charge is 0.455 e. The number of hydrogen-bond acceptors (Lipinski definition) is 15. The van der Waals surface area contributed by atoms with Gasteiger partial charge in [0, 0.05) is 100 Å². The fourth-order valence-electron chi connectivity index (χ4n) is 20.1. The summed E-state index contributed by atoms with van der Waals surface area (Å²) in [5.74, 6) is 1.87. The topological polar surface area (TPSA) is 208 Å². The Bertz CT molecular complexity index is 9780. The van der Waals surface area contributed by atoms with Gasteiger partial charge in [-0.3, -0.25) is 18.2 Å². The van der Waals surface area contributed by atoms with Crippen LogP contribution in [0.2, 0.25) is 0 Å². The van der Waals surface area contributed by atoms with Crippen molar-refractivity contribution in [1.82, 2.24) is 68.0 Å². The Balaban J connectivity index is 0.000000105. The summed E-state index contributed by atoms with van der Waals surface area (Å²) in [7, 11) is 0. The van der Waals surface area contributed by atoms with E-state index in [1.807, 2.05) is 225 Å². The molecule has 29 rings (SSSR count). The lowest BCUT2D eigenvalue weighted by Crippen LogP contribution is -2.15. The van der Waals surface area contributed by atoms with E-state index in [-0.39, 0.29) is 11.0 Å². The molecule has 0 saturated heterocycles. The fraction of sp³-hybridized carbons (Fsp3) is 0.0254. The van der Waals surface area contributed by atoms with E-state index in [1.165, 1.54) is 17.7 Å². The number of furan rings is 1. The smallest absolute Gasteiger partial charge is 0.307 e. The summed E-state index contributed by atoms with van der Waals surface area (Å²) in [5, 5.41) is 5.14. The fourth-order valence-corrected chi connectivity index (χ4v) is 20.1. The van der Waals surface area contributed by atoms with Gasteiger partial charge in [0.05, 0.1) is 50.2 Å². The van der Waals surface area contributed by atoms with Crippen LogP contribution in [-0.2, 0) is 5.41 Å². The van der Waals surface area contributed by atoms with Gasteiger partial charge in [-0.25, -0.2) is 29.9 Å². The number of benzene rings is 15. The van der Waals surface area contributed by atoms with Crippen molar-refractivity contribution in [2.75, 3.05) is 0 Å². The number of halogens is 2. The normalized spacial score (nSPS) is 12.4. The molecule has 18 nitrogen and oxygen atoms in total. The van der Waals surface area contributed by atoms with Gasteiger partial charge in [0.15, 0.2) is 34.2 Å². The quantitative estimate of drug-likeness (QED) is 0.117. The number of aromatic nitrogens is 14. The Hall–Kier alpha value is -18.7. The van der Waals surface area contributed by atoms with Gasteiger partial charge in [0.1, 0.15) is 44.3 Å². The van der Waals surface area contributed by atoms with Gasteiger partial charge in [-0.05, 0) is 129 Å². The zero-order valence-corrected chi connectivity index (χ0v) is 73.6. The summed E-state index contributed by atoms with van der Waals surface area (Å²) < 4.78 is 59.5. The maximum atomic E-state index is 14.6. The number of oxazole rings is 3. The van der Waals surface area contributed by atoms with E-state index in [1.54, 1.807) is 6.20 Å². The first-order valence-corrected chi connectivity index (χ1v) is 45.4. The van der Waals surface area contributed by atoms with E-state index in [0.717, 1.165) is 222 Å². The summed E-state index contributed by atoms with van der Waals surface area (Å²) in [5.41, 5.74) is 34.7. The van der Waals surface area contributed by atoms with E-state index in [2.05, 4.69) is 183 Å². The molecule has 0 bridgehead atoms. The van der Waals surface area contributed by atoms with Crippen LogP contribution >= 0.6 is 0 Å². The molecule has 0 spiro atoms. The molecule has 1 aliphatic carbocycles. The van der Waals surface area contributed by atoms with Gasteiger partial charge < -0.3 is 17.7 Å². The molecule has 13 heterocycles. The second-order valence-corrected chi connectivity index (χ2v) is 35.0. The third-order valence-corrected chi connectivity index (χ3v) is 26.7. The lowest BCUT2D eigenvalue weighted by molar-refractivity contribution is 0.515. The van der Waals surface area contributed by atoms with E-state index < -0.39 is 11.9 Å². The molecule has 28 aromatic rings. The first-order chi connectivity index (χ1) is 68.0. The molecular formula is C118H70F2N14O4. The van der Waals surface area contributed by atoms with E-state index in [9.17, 15) is 8.78 Å². The lowest BCUT2D eigenvalue weighted by atomic mass is 9.81. The Labute approximate surface area is 782 Å². The SMILES string of the molecule is CC1(C)c2cc(-c3ccc(-c4nc5ccccc5c5nc6oc7ccccc7n6c45)cc3)ccc2-c2ccc(-c3ccc(F)nc3F)cc21.c1ccc(-c2nc(-c3ccccc3)nc(-c3ccc(-c4nc5ccccc5c5nc6oc7ccccc7n6c45)cc3)n2)cc1.c1cncc(-c2cccc3c2oc2c(-c4ccc(-c5nc6ccccc6c6nc7oc8ccccc8n7c56)cc4)cccc23)c1.